The van der Waals surface area contributed by atoms with Crippen LogP contribution in [0.15, 0.2) is 59.5 Å². The number of carbonyl (C=O) groups is 1. The fraction of sp³-hybridized carbons (Fsp3) is 0.188. The molecule has 0 bridgehead atoms. The zero-order valence-corrected chi connectivity index (χ0v) is 13.5. The molecule has 2 aromatic rings. The standard InChI is InChI=1S/C16H14ClNO4S/c17-11-8-6-10(7-9-11)13-14(16(13,18)15(19)20)23(21,22)12-4-2-1-3-5-12/h1-9,13-14H,18H2,(H,19,20)/t13-,14+,16+/m0/s1. The van der Waals surface area contributed by atoms with Gasteiger partial charge in [0.2, 0.25) is 0 Å². The third-order valence-electron chi connectivity index (χ3n) is 4.18. The van der Waals surface area contributed by atoms with Crippen molar-refractivity contribution in [2.75, 3.05) is 0 Å². The van der Waals surface area contributed by atoms with Crippen molar-refractivity contribution in [3.63, 3.8) is 0 Å². The third-order valence-corrected chi connectivity index (χ3v) is 6.70. The Kier molecular flexibility index (Phi) is 3.71. The zero-order valence-electron chi connectivity index (χ0n) is 11.9. The number of rotatable bonds is 4. The lowest BCUT2D eigenvalue weighted by molar-refractivity contribution is -0.139. The van der Waals surface area contributed by atoms with Crippen LogP contribution < -0.4 is 5.73 Å². The van der Waals surface area contributed by atoms with Gasteiger partial charge in [-0.25, -0.2) is 8.42 Å². The topological polar surface area (TPSA) is 97.5 Å². The van der Waals surface area contributed by atoms with E-state index < -0.39 is 32.5 Å². The van der Waals surface area contributed by atoms with Crippen molar-refractivity contribution in [3.05, 3.63) is 65.2 Å². The average molecular weight is 352 g/mol. The maximum Gasteiger partial charge on any atom is 0.325 e. The summed E-state index contributed by atoms with van der Waals surface area (Å²) in [5.74, 6) is -2.15. The van der Waals surface area contributed by atoms with Crippen LogP contribution in [0.5, 0.6) is 0 Å². The van der Waals surface area contributed by atoms with E-state index in [4.69, 9.17) is 17.3 Å². The van der Waals surface area contributed by atoms with E-state index in [0.717, 1.165) is 0 Å². The summed E-state index contributed by atoms with van der Waals surface area (Å²) in [5.41, 5.74) is 4.66. The highest BCUT2D eigenvalue weighted by Crippen LogP contribution is 2.55. The Morgan fingerprint density at radius 3 is 2.17 bits per heavy atom. The van der Waals surface area contributed by atoms with Gasteiger partial charge in [0.05, 0.1) is 4.90 Å². The molecule has 0 amide bonds. The van der Waals surface area contributed by atoms with Gasteiger partial charge in [-0.2, -0.15) is 0 Å². The second-order valence-electron chi connectivity index (χ2n) is 5.55. The Bertz CT molecular complexity index is 851. The molecule has 0 aliphatic heterocycles. The lowest BCUT2D eigenvalue weighted by atomic mass is 10.1. The number of halogens is 1. The molecule has 3 N–H and O–H groups in total. The van der Waals surface area contributed by atoms with Gasteiger partial charge in [0.1, 0.15) is 10.8 Å². The van der Waals surface area contributed by atoms with Crippen molar-refractivity contribution < 1.29 is 18.3 Å². The van der Waals surface area contributed by atoms with E-state index in [1.54, 1.807) is 42.5 Å². The third kappa shape index (κ3) is 2.43. The molecule has 23 heavy (non-hydrogen) atoms. The summed E-state index contributed by atoms with van der Waals surface area (Å²) in [6.45, 7) is 0. The molecule has 0 spiro atoms. The number of benzene rings is 2. The molecule has 1 saturated carbocycles. The lowest BCUT2D eigenvalue weighted by Crippen LogP contribution is -2.39. The predicted octanol–water partition coefficient (Wildman–Crippen LogP) is 2.06. The Labute approximate surface area is 138 Å². The largest absolute Gasteiger partial charge is 0.480 e. The summed E-state index contributed by atoms with van der Waals surface area (Å²) in [7, 11) is -3.86. The molecule has 3 atom stereocenters. The SMILES string of the molecule is N[C@@]1(C(=O)O)[C@H](S(=O)(=O)c2ccccc2)[C@@H]1c1ccc(Cl)cc1. The number of nitrogens with two attached hydrogens (primary N) is 1. The van der Waals surface area contributed by atoms with E-state index in [0.29, 0.717) is 10.6 Å². The smallest absolute Gasteiger partial charge is 0.325 e. The molecule has 1 aliphatic rings. The quantitative estimate of drug-likeness (QED) is 0.878. The van der Waals surface area contributed by atoms with Gasteiger partial charge in [-0.1, -0.05) is 41.9 Å². The second-order valence-corrected chi connectivity index (χ2v) is 8.05. The van der Waals surface area contributed by atoms with Crippen LogP contribution >= 0.6 is 11.6 Å². The molecule has 3 rings (SSSR count). The molecule has 2 aromatic carbocycles. The summed E-state index contributed by atoms with van der Waals surface area (Å²) in [6.07, 6.45) is 0. The van der Waals surface area contributed by atoms with E-state index in [2.05, 4.69) is 0 Å². The Hall–Kier alpha value is -1.89. The number of hydrogen-bond donors (Lipinski definition) is 2. The van der Waals surface area contributed by atoms with Crippen molar-refractivity contribution in [3.8, 4) is 0 Å². The molecule has 120 valence electrons. The van der Waals surface area contributed by atoms with Crippen LogP contribution in [0.3, 0.4) is 0 Å². The molecule has 1 aliphatic carbocycles. The van der Waals surface area contributed by atoms with Gasteiger partial charge in [0.25, 0.3) is 0 Å². The van der Waals surface area contributed by atoms with E-state index in [-0.39, 0.29) is 4.90 Å². The number of carboxylic acids is 1. The van der Waals surface area contributed by atoms with Crippen molar-refractivity contribution in [2.24, 2.45) is 5.73 Å². The van der Waals surface area contributed by atoms with Crippen molar-refractivity contribution in [1.82, 2.24) is 0 Å². The fourth-order valence-electron chi connectivity index (χ4n) is 2.94. The molecule has 1 fully saturated rings. The van der Waals surface area contributed by atoms with E-state index >= 15 is 0 Å². The first kappa shape index (κ1) is 16.0. The minimum atomic E-state index is -3.86. The molecule has 0 saturated heterocycles. The lowest BCUT2D eigenvalue weighted by Gasteiger charge is -2.06. The molecule has 5 nitrogen and oxygen atoms in total. The summed E-state index contributed by atoms with van der Waals surface area (Å²) in [5, 5.41) is 8.73. The molecule has 0 aromatic heterocycles. The van der Waals surface area contributed by atoms with Gasteiger partial charge in [0, 0.05) is 10.9 Å². The van der Waals surface area contributed by atoms with Crippen molar-refractivity contribution >= 4 is 27.4 Å². The Morgan fingerprint density at radius 1 is 1.09 bits per heavy atom. The van der Waals surface area contributed by atoms with Crippen LogP contribution in [0.2, 0.25) is 5.02 Å². The van der Waals surface area contributed by atoms with Gasteiger partial charge in [-0.05, 0) is 29.8 Å². The highest BCUT2D eigenvalue weighted by atomic mass is 35.5. The van der Waals surface area contributed by atoms with Gasteiger partial charge in [-0.15, -0.1) is 0 Å². The molecular weight excluding hydrogens is 338 g/mol. The number of aliphatic carboxylic acids is 1. The zero-order chi connectivity index (χ0) is 16.8. The minimum absolute atomic E-state index is 0.0672. The summed E-state index contributed by atoms with van der Waals surface area (Å²) in [6, 6.07) is 14.1. The van der Waals surface area contributed by atoms with Crippen molar-refractivity contribution in [2.45, 2.75) is 21.6 Å². The Balaban J connectivity index is 2.07. The molecule has 0 heterocycles. The second kappa shape index (κ2) is 5.33. The Morgan fingerprint density at radius 2 is 1.65 bits per heavy atom. The van der Waals surface area contributed by atoms with Crippen LogP contribution in [0.25, 0.3) is 0 Å². The van der Waals surface area contributed by atoms with Gasteiger partial charge >= 0.3 is 5.97 Å². The maximum atomic E-state index is 12.8. The number of carboxylic acid groups (broad SMARTS) is 1. The van der Waals surface area contributed by atoms with Gasteiger partial charge < -0.3 is 10.8 Å². The normalized spacial score (nSPS) is 26.7. The highest BCUT2D eigenvalue weighted by molar-refractivity contribution is 7.92. The van der Waals surface area contributed by atoms with Crippen LogP contribution in [0, 0.1) is 0 Å². The summed E-state index contributed by atoms with van der Waals surface area (Å²) >= 11 is 5.83. The monoisotopic (exact) mass is 351 g/mol. The average Bonchev–Trinajstić information content (AvgIpc) is 3.18. The highest BCUT2D eigenvalue weighted by Gasteiger charge is 2.74. The first-order valence-electron chi connectivity index (χ1n) is 6.86. The minimum Gasteiger partial charge on any atom is -0.480 e. The van der Waals surface area contributed by atoms with Crippen LogP contribution in [-0.2, 0) is 14.6 Å². The number of hydrogen-bond acceptors (Lipinski definition) is 4. The van der Waals surface area contributed by atoms with Crippen LogP contribution in [0.1, 0.15) is 11.5 Å². The predicted molar refractivity (Wildman–Crippen MR) is 86.2 cm³/mol. The molecule has 7 heteroatoms. The van der Waals surface area contributed by atoms with Crippen LogP contribution in [-0.4, -0.2) is 30.3 Å². The van der Waals surface area contributed by atoms with Gasteiger partial charge in [-0.3, -0.25) is 4.79 Å². The fourth-order valence-corrected chi connectivity index (χ4v) is 5.32. The van der Waals surface area contributed by atoms with Crippen LogP contribution in [0.4, 0.5) is 0 Å². The summed E-state index contributed by atoms with van der Waals surface area (Å²) < 4.78 is 25.6. The molecule has 0 radical (unpaired) electrons. The van der Waals surface area contributed by atoms with E-state index in [9.17, 15) is 18.3 Å². The maximum absolute atomic E-state index is 12.8. The van der Waals surface area contributed by atoms with E-state index in [1.165, 1.54) is 12.1 Å². The molecular formula is C16H14ClNO4S. The van der Waals surface area contributed by atoms with Crippen molar-refractivity contribution in [1.29, 1.82) is 0 Å². The first-order chi connectivity index (χ1) is 10.8. The van der Waals surface area contributed by atoms with E-state index in [1.807, 2.05) is 0 Å². The number of sulfone groups is 1. The summed E-state index contributed by atoms with van der Waals surface area (Å²) in [4.78, 5) is 11.7. The van der Waals surface area contributed by atoms with Gasteiger partial charge in [0.15, 0.2) is 9.84 Å². The molecule has 0 unspecified atom stereocenters. The first-order valence-corrected chi connectivity index (χ1v) is 8.78.